The van der Waals surface area contributed by atoms with Crippen molar-refractivity contribution in [3.8, 4) is 56.3 Å². The first-order chi connectivity index (χ1) is 23.3. The third-order valence-electron chi connectivity index (χ3n) is 8.55. The maximum Gasteiger partial charge on any atom is 0.160 e. The fraction of sp³-hybridized carbons (Fsp3) is 0. The van der Waals surface area contributed by atoms with Gasteiger partial charge in [-0.1, -0.05) is 121 Å². The summed E-state index contributed by atoms with van der Waals surface area (Å²) in [5, 5.41) is 3.17. The molecule has 0 bridgehead atoms. The number of rotatable bonds is 5. The molecule has 6 aromatic carbocycles. The molecule has 0 aliphatic carbocycles. The standard InChI is InChI=1S/C41H25N5S/c1-4-11-26(12-5-1)29-17-10-18-31(23-29)41-43-35(27-13-6-2-7-14-27)25-36(44-41)30-19-20-32-37(24-30)42-39(28-15-8-3-9-16-28)33-21-22-34-40(38(32)33)46-47-45-34/h1-25H. The fourth-order valence-corrected chi connectivity index (χ4v) is 6.81. The van der Waals surface area contributed by atoms with E-state index in [0.29, 0.717) is 5.82 Å². The molecule has 220 valence electrons. The van der Waals surface area contributed by atoms with Crippen LogP contribution in [0.4, 0.5) is 0 Å². The molecule has 0 saturated heterocycles. The molecular formula is C41H25N5S. The zero-order valence-corrected chi connectivity index (χ0v) is 25.9. The van der Waals surface area contributed by atoms with E-state index in [1.807, 2.05) is 48.5 Å². The third kappa shape index (κ3) is 4.92. The van der Waals surface area contributed by atoms with E-state index in [2.05, 4.69) is 108 Å². The highest BCUT2D eigenvalue weighted by Gasteiger charge is 2.17. The van der Waals surface area contributed by atoms with Gasteiger partial charge in [0, 0.05) is 38.4 Å². The van der Waals surface area contributed by atoms with Gasteiger partial charge in [0.2, 0.25) is 0 Å². The van der Waals surface area contributed by atoms with E-state index in [1.165, 1.54) is 11.7 Å². The lowest BCUT2D eigenvalue weighted by molar-refractivity contribution is 1.18. The number of nitrogens with zero attached hydrogens (tertiary/aromatic N) is 5. The van der Waals surface area contributed by atoms with Crippen LogP contribution in [0.2, 0.25) is 0 Å². The molecule has 0 N–H and O–H groups in total. The summed E-state index contributed by atoms with van der Waals surface area (Å²) in [5.41, 5.74) is 11.6. The number of pyridine rings is 1. The highest BCUT2D eigenvalue weighted by molar-refractivity contribution is 7.00. The third-order valence-corrected chi connectivity index (χ3v) is 9.09. The Balaban J connectivity index is 1.26. The maximum absolute atomic E-state index is 5.27. The Morgan fingerprint density at radius 2 is 1.02 bits per heavy atom. The molecular weight excluding hydrogens is 595 g/mol. The van der Waals surface area contributed by atoms with E-state index in [4.69, 9.17) is 19.3 Å². The largest absolute Gasteiger partial charge is 0.247 e. The lowest BCUT2D eigenvalue weighted by Crippen LogP contribution is -1.97. The summed E-state index contributed by atoms with van der Waals surface area (Å²) in [7, 11) is 0. The first-order valence-electron chi connectivity index (χ1n) is 15.4. The van der Waals surface area contributed by atoms with Crippen LogP contribution in [-0.4, -0.2) is 23.7 Å². The van der Waals surface area contributed by atoms with E-state index in [-0.39, 0.29) is 0 Å². The smallest absolute Gasteiger partial charge is 0.160 e. The molecule has 0 saturated carbocycles. The number of benzene rings is 6. The Hall–Kier alpha value is -6.11. The summed E-state index contributed by atoms with van der Waals surface area (Å²) in [6, 6.07) is 52.1. The van der Waals surface area contributed by atoms with E-state index >= 15 is 0 Å². The second kappa shape index (κ2) is 11.4. The lowest BCUT2D eigenvalue weighted by atomic mass is 9.97. The van der Waals surface area contributed by atoms with Gasteiger partial charge >= 0.3 is 0 Å². The van der Waals surface area contributed by atoms with Crippen molar-refractivity contribution in [3.05, 3.63) is 152 Å². The predicted molar refractivity (Wildman–Crippen MR) is 193 cm³/mol. The van der Waals surface area contributed by atoms with Gasteiger partial charge in [-0.25, -0.2) is 15.0 Å². The SMILES string of the molecule is c1ccc(-c2cccc(-c3nc(-c4ccccc4)cc(-c4ccc5c(c4)nc(-c4ccccc4)c4ccc6nsnc6c45)n3)c2)cc1. The molecule has 6 heteroatoms. The Kier molecular flexibility index (Phi) is 6.58. The average Bonchev–Trinajstić information content (AvgIpc) is 3.65. The molecule has 0 atom stereocenters. The van der Waals surface area contributed by atoms with Crippen LogP contribution >= 0.6 is 11.7 Å². The number of aromatic nitrogens is 5. The van der Waals surface area contributed by atoms with E-state index in [9.17, 15) is 0 Å². The van der Waals surface area contributed by atoms with Gasteiger partial charge in [0.05, 0.1) is 34.3 Å². The van der Waals surface area contributed by atoms with Gasteiger partial charge in [-0.2, -0.15) is 8.75 Å². The second-order valence-electron chi connectivity index (χ2n) is 11.5. The van der Waals surface area contributed by atoms with Crippen molar-refractivity contribution < 1.29 is 0 Å². The molecule has 9 aromatic rings. The Bertz CT molecular complexity index is 2560. The molecule has 47 heavy (non-hydrogen) atoms. The minimum absolute atomic E-state index is 0.672. The molecule has 0 spiro atoms. The van der Waals surface area contributed by atoms with Crippen LogP contribution in [0.1, 0.15) is 0 Å². The summed E-state index contributed by atoms with van der Waals surface area (Å²) >= 11 is 1.24. The molecule has 9 rings (SSSR count). The monoisotopic (exact) mass is 619 g/mol. The highest BCUT2D eigenvalue weighted by Crippen LogP contribution is 2.38. The van der Waals surface area contributed by atoms with Crippen molar-refractivity contribution in [2.24, 2.45) is 0 Å². The summed E-state index contributed by atoms with van der Waals surface area (Å²) in [6.07, 6.45) is 0. The molecule has 0 amide bonds. The Morgan fingerprint density at radius 1 is 0.383 bits per heavy atom. The van der Waals surface area contributed by atoms with E-state index in [0.717, 1.165) is 83.2 Å². The summed E-state index contributed by atoms with van der Waals surface area (Å²) in [4.78, 5) is 15.5. The topological polar surface area (TPSA) is 64.5 Å². The van der Waals surface area contributed by atoms with Gasteiger partial charge in [-0.3, -0.25) is 0 Å². The van der Waals surface area contributed by atoms with Gasteiger partial charge in [0.25, 0.3) is 0 Å². The first kappa shape index (κ1) is 27.2. The van der Waals surface area contributed by atoms with Crippen LogP contribution < -0.4 is 0 Å². The lowest BCUT2D eigenvalue weighted by Gasteiger charge is -2.13. The number of fused-ring (bicyclic) bond motifs is 5. The maximum atomic E-state index is 5.27. The van der Waals surface area contributed by atoms with Crippen LogP contribution in [0.25, 0.3) is 89.0 Å². The second-order valence-corrected chi connectivity index (χ2v) is 12.0. The Morgan fingerprint density at radius 3 is 1.79 bits per heavy atom. The van der Waals surface area contributed by atoms with Gasteiger partial charge < -0.3 is 0 Å². The average molecular weight is 620 g/mol. The van der Waals surface area contributed by atoms with Crippen molar-refractivity contribution in [2.75, 3.05) is 0 Å². The normalized spacial score (nSPS) is 11.4. The molecule has 5 nitrogen and oxygen atoms in total. The zero-order valence-electron chi connectivity index (χ0n) is 25.1. The number of hydrogen-bond acceptors (Lipinski definition) is 6. The van der Waals surface area contributed by atoms with Gasteiger partial charge in [0.1, 0.15) is 11.0 Å². The zero-order chi connectivity index (χ0) is 31.2. The summed E-state index contributed by atoms with van der Waals surface area (Å²) < 4.78 is 9.25. The van der Waals surface area contributed by atoms with Crippen LogP contribution in [0.3, 0.4) is 0 Å². The fourth-order valence-electron chi connectivity index (χ4n) is 6.26. The van der Waals surface area contributed by atoms with Crippen LogP contribution in [-0.2, 0) is 0 Å². The van der Waals surface area contributed by atoms with Crippen molar-refractivity contribution in [2.45, 2.75) is 0 Å². The minimum atomic E-state index is 0.672. The Labute approximate surface area is 275 Å². The summed E-state index contributed by atoms with van der Waals surface area (Å²) in [5.74, 6) is 0.672. The van der Waals surface area contributed by atoms with Crippen LogP contribution in [0, 0.1) is 0 Å². The molecule has 0 unspecified atom stereocenters. The van der Waals surface area contributed by atoms with E-state index in [1.54, 1.807) is 0 Å². The van der Waals surface area contributed by atoms with Crippen molar-refractivity contribution in [1.29, 1.82) is 0 Å². The van der Waals surface area contributed by atoms with Gasteiger partial charge in [-0.15, -0.1) is 0 Å². The minimum Gasteiger partial charge on any atom is -0.247 e. The summed E-state index contributed by atoms with van der Waals surface area (Å²) in [6.45, 7) is 0. The van der Waals surface area contributed by atoms with Crippen molar-refractivity contribution in [3.63, 3.8) is 0 Å². The molecule has 0 aliphatic heterocycles. The van der Waals surface area contributed by atoms with Crippen LogP contribution in [0.15, 0.2) is 152 Å². The molecule has 3 aromatic heterocycles. The molecule has 0 radical (unpaired) electrons. The highest BCUT2D eigenvalue weighted by atomic mass is 32.1. The van der Waals surface area contributed by atoms with Crippen molar-refractivity contribution >= 4 is 44.4 Å². The van der Waals surface area contributed by atoms with Gasteiger partial charge in [-0.05, 0) is 41.5 Å². The molecule has 3 heterocycles. The molecule has 0 aliphatic rings. The van der Waals surface area contributed by atoms with Crippen molar-refractivity contribution in [1.82, 2.24) is 23.7 Å². The number of hydrogen-bond donors (Lipinski definition) is 0. The molecule has 0 fully saturated rings. The quantitative estimate of drug-likeness (QED) is 0.179. The predicted octanol–water partition coefficient (Wildman–Crippen LogP) is 10.5. The van der Waals surface area contributed by atoms with E-state index < -0.39 is 0 Å². The van der Waals surface area contributed by atoms with Gasteiger partial charge in [0.15, 0.2) is 5.82 Å². The van der Waals surface area contributed by atoms with Crippen LogP contribution in [0.5, 0.6) is 0 Å². The first-order valence-corrected chi connectivity index (χ1v) is 16.2.